The molecule has 2 aliphatic carbocycles. The lowest BCUT2D eigenvalue weighted by atomic mass is 9.66. The standard InChI is InChI=1S/C29H25F3N4O4/c1-28(38)12-29(39,13-28)25-18(30)8-15(11-33-25)14-6-7-36-19(9-14)23-17-10-20(24(23)34-36)35(2)26(37)16-4-3-5-21(22(16)17)40-27(31)32/h3-9,11,17,20,27,38-39H,10,12-13H2,1-2H3. The van der Waals surface area contributed by atoms with Crippen molar-refractivity contribution in [3.63, 3.8) is 0 Å². The first kappa shape index (κ1) is 25.0. The number of aromatic nitrogens is 3. The second-order valence-electron chi connectivity index (χ2n) is 11.3. The number of hydrogen-bond donors (Lipinski definition) is 2. The summed E-state index contributed by atoms with van der Waals surface area (Å²) >= 11 is 0. The Balaban J connectivity index is 1.34. The molecule has 2 atom stereocenters. The van der Waals surface area contributed by atoms with E-state index >= 15 is 4.39 Å². The molecule has 206 valence electrons. The van der Waals surface area contributed by atoms with E-state index in [4.69, 9.17) is 9.84 Å². The second-order valence-corrected chi connectivity index (χ2v) is 11.3. The van der Waals surface area contributed by atoms with Gasteiger partial charge in [0.15, 0.2) is 0 Å². The number of amides is 1. The van der Waals surface area contributed by atoms with E-state index in [1.54, 1.807) is 41.7 Å². The summed E-state index contributed by atoms with van der Waals surface area (Å²) in [5.74, 6) is -1.44. The Morgan fingerprint density at radius 2 is 1.90 bits per heavy atom. The fraction of sp³-hybridized carbons (Fsp3) is 0.345. The summed E-state index contributed by atoms with van der Waals surface area (Å²) in [6, 6.07) is 9.12. The highest BCUT2D eigenvalue weighted by molar-refractivity contribution is 5.98. The summed E-state index contributed by atoms with van der Waals surface area (Å²) in [6.45, 7) is -1.47. The van der Waals surface area contributed by atoms with Crippen molar-refractivity contribution >= 4 is 11.4 Å². The molecule has 2 bridgehead atoms. The number of halogens is 3. The zero-order chi connectivity index (χ0) is 28.1. The number of nitrogens with zero attached hydrogens (tertiary/aromatic N) is 4. The van der Waals surface area contributed by atoms with E-state index in [0.29, 0.717) is 39.9 Å². The van der Waals surface area contributed by atoms with E-state index in [1.807, 2.05) is 6.07 Å². The van der Waals surface area contributed by atoms with Gasteiger partial charge in [0.05, 0.1) is 22.9 Å². The molecule has 7 rings (SSSR count). The lowest BCUT2D eigenvalue weighted by molar-refractivity contribution is -0.179. The summed E-state index contributed by atoms with van der Waals surface area (Å²) in [5.41, 5.74) is 1.31. The van der Waals surface area contributed by atoms with Gasteiger partial charge >= 0.3 is 6.61 Å². The highest BCUT2D eigenvalue weighted by Crippen LogP contribution is 2.54. The number of pyridine rings is 2. The van der Waals surface area contributed by atoms with Crippen LogP contribution in [0.5, 0.6) is 5.75 Å². The first-order chi connectivity index (χ1) is 19.0. The third-order valence-electron chi connectivity index (χ3n) is 8.44. The molecule has 1 aliphatic heterocycles. The van der Waals surface area contributed by atoms with Gasteiger partial charge in [0, 0.05) is 60.5 Å². The van der Waals surface area contributed by atoms with Gasteiger partial charge in [-0.1, -0.05) is 6.07 Å². The Hall–Kier alpha value is -3.96. The third-order valence-corrected chi connectivity index (χ3v) is 8.44. The monoisotopic (exact) mass is 550 g/mol. The Morgan fingerprint density at radius 3 is 2.60 bits per heavy atom. The number of rotatable bonds is 4. The summed E-state index contributed by atoms with van der Waals surface area (Å²) in [6.07, 6.45) is 3.66. The van der Waals surface area contributed by atoms with Crippen molar-refractivity contribution in [1.82, 2.24) is 19.5 Å². The summed E-state index contributed by atoms with van der Waals surface area (Å²) in [7, 11) is 1.68. The molecule has 1 amide bonds. The van der Waals surface area contributed by atoms with Gasteiger partial charge in [-0.15, -0.1) is 0 Å². The zero-order valence-corrected chi connectivity index (χ0v) is 21.6. The molecule has 1 aromatic carbocycles. The van der Waals surface area contributed by atoms with Gasteiger partial charge in [-0.3, -0.25) is 9.78 Å². The zero-order valence-electron chi connectivity index (χ0n) is 21.6. The molecule has 11 heteroatoms. The number of ether oxygens (including phenoxy) is 1. The van der Waals surface area contributed by atoms with E-state index in [-0.39, 0.29) is 36.2 Å². The molecular weight excluding hydrogens is 525 g/mol. The van der Waals surface area contributed by atoms with Crippen molar-refractivity contribution < 1.29 is 32.9 Å². The Morgan fingerprint density at radius 1 is 1.12 bits per heavy atom. The highest BCUT2D eigenvalue weighted by atomic mass is 19.3. The van der Waals surface area contributed by atoms with Crippen LogP contribution in [-0.4, -0.2) is 54.9 Å². The van der Waals surface area contributed by atoms with Gasteiger partial charge in [0.1, 0.15) is 22.9 Å². The molecule has 3 aliphatic rings. The van der Waals surface area contributed by atoms with Crippen LogP contribution >= 0.6 is 0 Å². The SMILES string of the molecule is CN1C(=O)c2cccc(OC(F)F)c2C2CC1c1nn3ccc(-c4cnc(C5(O)CC(C)(O)C5)c(F)c4)cc3c12. The van der Waals surface area contributed by atoms with Crippen LogP contribution in [0.4, 0.5) is 13.2 Å². The molecule has 8 nitrogen and oxygen atoms in total. The summed E-state index contributed by atoms with van der Waals surface area (Å²) in [5, 5.41) is 25.5. The number of hydrogen-bond acceptors (Lipinski definition) is 6. The number of fused-ring (bicyclic) bond motifs is 9. The van der Waals surface area contributed by atoms with Crippen LogP contribution in [-0.2, 0) is 5.60 Å². The average molecular weight is 551 g/mol. The maximum absolute atomic E-state index is 15.2. The fourth-order valence-electron chi connectivity index (χ4n) is 6.86. The van der Waals surface area contributed by atoms with Gasteiger partial charge < -0.3 is 19.8 Å². The minimum absolute atomic E-state index is 0.00454. The van der Waals surface area contributed by atoms with Crippen LogP contribution in [0.2, 0.25) is 0 Å². The first-order valence-electron chi connectivity index (χ1n) is 12.9. The predicted molar refractivity (Wildman–Crippen MR) is 137 cm³/mol. The van der Waals surface area contributed by atoms with Crippen LogP contribution in [0.1, 0.15) is 71.0 Å². The van der Waals surface area contributed by atoms with Crippen molar-refractivity contribution in [2.45, 2.75) is 56.0 Å². The molecule has 0 saturated heterocycles. The average Bonchev–Trinajstić information content (AvgIpc) is 3.40. The Labute approximate surface area is 226 Å². The smallest absolute Gasteiger partial charge is 0.387 e. The normalized spacial score (nSPS) is 27.0. The van der Waals surface area contributed by atoms with Gasteiger partial charge in [0.2, 0.25) is 0 Å². The third kappa shape index (κ3) is 3.57. The van der Waals surface area contributed by atoms with Crippen LogP contribution in [0, 0.1) is 5.82 Å². The number of alkyl halides is 2. The molecule has 1 fully saturated rings. The van der Waals surface area contributed by atoms with Gasteiger partial charge in [-0.25, -0.2) is 8.91 Å². The Kier molecular flexibility index (Phi) is 5.18. The minimum atomic E-state index is -3.05. The predicted octanol–water partition coefficient (Wildman–Crippen LogP) is 4.53. The molecule has 4 aromatic rings. The topological polar surface area (TPSA) is 100 Å². The van der Waals surface area contributed by atoms with Crippen molar-refractivity contribution in [1.29, 1.82) is 0 Å². The van der Waals surface area contributed by atoms with Gasteiger partial charge in [-0.2, -0.15) is 13.9 Å². The molecule has 2 N–H and O–H groups in total. The molecule has 1 saturated carbocycles. The van der Waals surface area contributed by atoms with Crippen LogP contribution in [0.15, 0.2) is 48.8 Å². The van der Waals surface area contributed by atoms with Crippen LogP contribution < -0.4 is 4.74 Å². The van der Waals surface area contributed by atoms with Gasteiger partial charge in [0.25, 0.3) is 5.91 Å². The minimum Gasteiger partial charge on any atom is -0.434 e. The molecule has 0 spiro atoms. The maximum atomic E-state index is 15.2. The summed E-state index contributed by atoms with van der Waals surface area (Å²) in [4.78, 5) is 19.1. The molecule has 4 heterocycles. The number of aliphatic hydroxyl groups is 2. The van der Waals surface area contributed by atoms with Crippen molar-refractivity contribution in [3.05, 3.63) is 82.7 Å². The van der Waals surface area contributed by atoms with Gasteiger partial charge in [-0.05, 0) is 49.2 Å². The lowest BCUT2D eigenvalue weighted by Crippen LogP contribution is -2.53. The van der Waals surface area contributed by atoms with Crippen molar-refractivity contribution in [2.24, 2.45) is 0 Å². The van der Waals surface area contributed by atoms with Crippen molar-refractivity contribution in [3.8, 4) is 16.9 Å². The first-order valence-corrected chi connectivity index (χ1v) is 12.9. The maximum Gasteiger partial charge on any atom is 0.387 e. The molecule has 0 radical (unpaired) electrons. The lowest BCUT2D eigenvalue weighted by Gasteiger charge is -2.47. The van der Waals surface area contributed by atoms with E-state index in [0.717, 1.165) is 5.56 Å². The largest absolute Gasteiger partial charge is 0.434 e. The molecular formula is C29H25F3N4O4. The molecule has 40 heavy (non-hydrogen) atoms. The number of benzene rings is 1. The highest BCUT2D eigenvalue weighted by Gasteiger charge is 2.53. The number of carbonyl (C=O) groups excluding carboxylic acids is 1. The number of carbonyl (C=O) groups is 1. The molecule has 3 aromatic heterocycles. The fourth-order valence-corrected chi connectivity index (χ4v) is 6.86. The van der Waals surface area contributed by atoms with Crippen LogP contribution in [0.25, 0.3) is 16.6 Å². The summed E-state index contributed by atoms with van der Waals surface area (Å²) < 4.78 is 48.4. The van der Waals surface area contributed by atoms with E-state index in [1.165, 1.54) is 24.4 Å². The van der Waals surface area contributed by atoms with E-state index in [2.05, 4.69) is 4.98 Å². The van der Waals surface area contributed by atoms with Crippen LogP contribution in [0.3, 0.4) is 0 Å². The molecule has 2 unspecified atom stereocenters. The quantitative estimate of drug-likeness (QED) is 0.387. The Bertz CT molecular complexity index is 1710. The second kappa shape index (κ2) is 8.28. The van der Waals surface area contributed by atoms with E-state index in [9.17, 15) is 23.8 Å². The van der Waals surface area contributed by atoms with E-state index < -0.39 is 29.5 Å². The van der Waals surface area contributed by atoms with Crippen molar-refractivity contribution in [2.75, 3.05) is 7.05 Å².